The molecule has 0 aliphatic carbocycles. The number of amides is 2. The summed E-state index contributed by atoms with van der Waals surface area (Å²) < 4.78 is 4.74. The first kappa shape index (κ1) is 18.0. The zero-order chi connectivity index (χ0) is 18.5. The van der Waals surface area contributed by atoms with Gasteiger partial charge in [0.15, 0.2) is 0 Å². The van der Waals surface area contributed by atoms with E-state index in [1.165, 1.54) is 18.4 Å². The van der Waals surface area contributed by atoms with Gasteiger partial charge in [0.2, 0.25) is 0 Å². The highest BCUT2D eigenvalue weighted by atomic mass is 35.5. The van der Waals surface area contributed by atoms with E-state index in [2.05, 4.69) is 10.6 Å². The van der Waals surface area contributed by atoms with E-state index in [0.29, 0.717) is 21.3 Å². The van der Waals surface area contributed by atoms with Crippen LogP contribution in [-0.4, -0.2) is 19.1 Å². The first-order valence-corrected chi connectivity index (χ1v) is 8.87. The van der Waals surface area contributed by atoms with E-state index in [4.69, 9.17) is 16.3 Å². The molecule has 0 aliphatic rings. The van der Waals surface area contributed by atoms with Crippen LogP contribution in [-0.2, 0) is 4.74 Å². The van der Waals surface area contributed by atoms with Crippen molar-refractivity contribution in [2.75, 3.05) is 17.7 Å². The number of rotatable bonds is 4. The lowest BCUT2D eigenvalue weighted by molar-refractivity contribution is 0.0601. The molecule has 0 fully saturated rings. The van der Waals surface area contributed by atoms with Crippen LogP contribution in [0.4, 0.5) is 15.5 Å². The molecule has 7 heteroatoms. The summed E-state index contributed by atoms with van der Waals surface area (Å²) in [5.74, 6) is -0.385. The Balaban J connectivity index is 1.69. The standard InChI is InChI=1S/C19H15ClN2O3S/c1-25-18(23)13-4-2-3-12(11-13)16-9-10-17(26-16)22-19(24)21-15-7-5-14(20)6-8-15/h2-11H,1H3,(H2,21,22,24). The zero-order valence-electron chi connectivity index (χ0n) is 13.8. The van der Waals surface area contributed by atoms with Gasteiger partial charge in [-0.15, -0.1) is 11.3 Å². The molecule has 2 aromatic carbocycles. The fourth-order valence-electron chi connectivity index (χ4n) is 2.28. The van der Waals surface area contributed by atoms with Gasteiger partial charge in [0.05, 0.1) is 17.7 Å². The third-order valence-corrected chi connectivity index (χ3v) is 4.81. The number of benzene rings is 2. The number of carbonyl (C=O) groups excluding carboxylic acids is 2. The third-order valence-electron chi connectivity index (χ3n) is 3.51. The van der Waals surface area contributed by atoms with Crippen LogP contribution >= 0.6 is 22.9 Å². The van der Waals surface area contributed by atoms with Gasteiger partial charge in [-0.2, -0.15) is 0 Å². The highest BCUT2D eigenvalue weighted by molar-refractivity contribution is 7.19. The maximum absolute atomic E-state index is 12.1. The topological polar surface area (TPSA) is 67.4 Å². The normalized spacial score (nSPS) is 10.2. The Morgan fingerprint density at radius 2 is 1.77 bits per heavy atom. The molecule has 0 spiro atoms. The molecule has 132 valence electrons. The summed E-state index contributed by atoms with van der Waals surface area (Å²) in [7, 11) is 1.35. The first-order valence-electron chi connectivity index (χ1n) is 7.67. The van der Waals surface area contributed by atoms with E-state index in [-0.39, 0.29) is 12.0 Å². The fourth-order valence-corrected chi connectivity index (χ4v) is 3.31. The maximum atomic E-state index is 12.1. The number of anilines is 2. The van der Waals surface area contributed by atoms with Gasteiger partial charge in [-0.05, 0) is 54.1 Å². The van der Waals surface area contributed by atoms with Crippen molar-refractivity contribution in [2.24, 2.45) is 0 Å². The number of halogens is 1. The summed E-state index contributed by atoms with van der Waals surface area (Å²) in [6, 6.07) is 17.4. The predicted octanol–water partition coefficient (Wildman–Crippen LogP) is 5.50. The van der Waals surface area contributed by atoms with Crippen LogP contribution in [0.25, 0.3) is 10.4 Å². The van der Waals surface area contributed by atoms with Crippen LogP contribution in [0.5, 0.6) is 0 Å². The molecule has 2 amide bonds. The summed E-state index contributed by atoms with van der Waals surface area (Å²) in [6.07, 6.45) is 0. The molecule has 0 radical (unpaired) electrons. The first-order chi connectivity index (χ1) is 12.5. The smallest absolute Gasteiger partial charge is 0.337 e. The zero-order valence-corrected chi connectivity index (χ0v) is 15.4. The molecule has 0 saturated heterocycles. The number of hydrogen-bond donors (Lipinski definition) is 2. The van der Waals surface area contributed by atoms with Crippen molar-refractivity contribution in [3.05, 3.63) is 71.2 Å². The lowest BCUT2D eigenvalue weighted by Crippen LogP contribution is -2.18. The number of urea groups is 1. The van der Waals surface area contributed by atoms with Gasteiger partial charge in [0, 0.05) is 15.6 Å². The fraction of sp³-hybridized carbons (Fsp3) is 0.0526. The molecule has 0 unspecified atom stereocenters. The maximum Gasteiger partial charge on any atom is 0.337 e. The molecular formula is C19H15ClN2O3S. The molecule has 0 saturated carbocycles. The van der Waals surface area contributed by atoms with Crippen LogP contribution < -0.4 is 10.6 Å². The summed E-state index contributed by atoms with van der Waals surface area (Å²) in [4.78, 5) is 24.7. The number of nitrogens with one attached hydrogen (secondary N) is 2. The van der Waals surface area contributed by atoms with Gasteiger partial charge < -0.3 is 10.1 Å². The number of thiophene rings is 1. The van der Waals surface area contributed by atoms with Gasteiger partial charge in [-0.25, -0.2) is 9.59 Å². The average molecular weight is 387 g/mol. The molecule has 1 heterocycles. The summed E-state index contributed by atoms with van der Waals surface area (Å²) in [5, 5.41) is 6.82. The second-order valence-corrected chi connectivity index (χ2v) is 6.84. The van der Waals surface area contributed by atoms with Gasteiger partial charge in [-0.3, -0.25) is 5.32 Å². The van der Waals surface area contributed by atoms with E-state index in [9.17, 15) is 9.59 Å². The lowest BCUT2D eigenvalue weighted by atomic mass is 10.1. The second kappa shape index (κ2) is 8.03. The molecule has 0 atom stereocenters. The van der Waals surface area contributed by atoms with Crippen molar-refractivity contribution in [3.63, 3.8) is 0 Å². The number of esters is 1. The third kappa shape index (κ3) is 4.41. The SMILES string of the molecule is COC(=O)c1cccc(-c2ccc(NC(=O)Nc3ccc(Cl)cc3)s2)c1. The van der Waals surface area contributed by atoms with E-state index >= 15 is 0 Å². The number of methoxy groups -OCH3 is 1. The summed E-state index contributed by atoms with van der Waals surface area (Å²) >= 11 is 7.23. The van der Waals surface area contributed by atoms with Crippen LogP contribution in [0.2, 0.25) is 5.02 Å². The molecule has 3 aromatic rings. The van der Waals surface area contributed by atoms with Crippen LogP contribution in [0.1, 0.15) is 10.4 Å². The van der Waals surface area contributed by atoms with Crippen molar-refractivity contribution >= 4 is 45.6 Å². The molecule has 2 N–H and O–H groups in total. The quantitative estimate of drug-likeness (QED) is 0.582. The van der Waals surface area contributed by atoms with Crippen LogP contribution in [0.15, 0.2) is 60.7 Å². The van der Waals surface area contributed by atoms with Crippen LogP contribution in [0.3, 0.4) is 0 Å². The minimum absolute atomic E-state index is 0.343. The highest BCUT2D eigenvalue weighted by Gasteiger charge is 2.10. The van der Waals surface area contributed by atoms with E-state index in [0.717, 1.165) is 10.4 Å². The minimum atomic E-state index is -0.385. The average Bonchev–Trinajstić information content (AvgIpc) is 3.11. The van der Waals surface area contributed by atoms with Gasteiger partial charge in [-0.1, -0.05) is 23.7 Å². The largest absolute Gasteiger partial charge is 0.465 e. The molecule has 0 aliphatic heterocycles. The number of hydrogen-bond acceptors (Lipinski definition) is 4. The lowest BCUT2D eigenvalue weighted by Gasteiger charge is -2.06. The Labute approximate surface area is 159 Å². The Morgan fingerprint density at radius 1 is 1.00 bits per heavy atom. The molecular weight excluding hydrogens is 372 g/mol. The van der Waals surface area contributed by atoms with Crippen molar-refractivity contribution < 1.29 is 14.3 Å². The van der Waals surface area contributed by atoms with Crippen molar-refractivity contribution in [1.29, 1.82) is 0 Å². The monoisotopic (exact) mass is 386 g/mol. The Kier molecular flexibility index (Phi) is 5.55. The summed E-state index contributed by atoms with van der Waals surface area (Å²) in [5.41, 5.74) is 2.01. The highest BCUT2D eigenvalue weighted by Crippen LogP contribution is 2.32. The van der Waals surface area contributed by atoms with Gasteiger partial charge >= 0.3 is 12.0 Å². The Morgan fingerprint density at radius 3 is 2.50 bits per heavy atom. The Hall–Kier alpha value is -2.83. The van der Waals surface area contributed by atoms with E-state index < -0.39 is 0 Å². The summed E-state index contributed by atoms with van der Waals surface area (Å²) in [6.45, 7) is 0. The predicted molar refractivity (Wildman–Crippen MR) is 105 cm³/mol. The molecule has 26 heavy (non-hydrogen) atoms. The van der Waals surface area contributed by atoms with Crippen molar-refractivity contribution in [2.45, 2.75) is 0 Å². The molecule has 5 nitrogen and oxygen atoms in total. The second-order valence-electron chi connectivity index (χ2n) is 5.32. The molecule has 1 aromatic heterocycles. The number of ether oxygens (including phenoxy) is 1. The van der Waals surface area contributed by atoms with Crippen molar-refractivity contribution in [1.82, 2.24) is 0 Å². The van der Waals surface area contributed by atoms with Gasteiger partial charge in [0.25, 0.3) is 0 Å². The van der Waals surface area contributed by atoms with Crippen LogP contribution in [0, 0.1) is 0 Å². The van der Waals surface area contributed by atoms with E-state index in [1.807, 2.05) is 18.2 Å². The minimum Gasteiger partial charge on any atom is -0.465 e. The number of carbonyl (C=O) groups is 2. The Bertz CT molecular complexity index is 938. The molecule has 0 bridgehead atoms. The van der Waals surface area contributed by atoms with Gasteiger partial charge in [0.1, 0.15) is 0 Å². The van der Waals surface area contributed by atoms with Crippen molar-refractivity contribution in [3.8, 4) is 10.4 Å². The van der Waals surface area contributed by atoms with E-state index in [1.54, 1.807) is 42.5 Å². The molecule has 3 rings (SSSR count).